The molecular formula is C24H24N2O9. The van der Waals surface area contributed by atoms with E-state index in [1.807, 2.05) is 0 Å². The van der Waals surface area contributed by atoms with Crippen molar-refractivity contribution in [1.29, 1.82) is 0 Å². The zero-order chi connectivity index (χ0) is 26.0. The van der Waals surface area contributed by atoms with Crippen molar-refractivity contribution in [1.82, 2.24) is 4.90 Å². The van der Waals surface area contributed by atoms with E-state index in [1.165, 1.54) is 31.1 Å². The molecule has 0 radical (unpaired) electrons. The molecule has 1 aromatic rings. The second-order valence-corrected chi connectivity index (χ2v) is 8.97. The average molecular weight is 484 g/mol. The number of hydrogen-bond acceptors (Lipinski definition) is 10. The number of primary amides is 1. The van der Waals surface area contributed by atoms with Gasteiger partial charge in [0, 0.05) is 17.6 Å². The minimum absolute atomic E-state index is 0.0158. The number of nitrogens with zero attached hydrogens (tertiary/aromatic N) is 1. The van der Waals surface area contributed by atoms with Crippen LogP contribution in [-0.2, 0) is 30.3 Å². The topological polar surface area (TPSA) is 188 Å². The standard InChI is InChI=1S/C24H24N2O9/c1-4-12(28)35-20-10-8-9-6-5-7-11(27)13(9)18(29)14(10)21(31)24(34)16(20)17(26(2)3)19(30)15(22(24)32)23(25)33/h4-7,10,16-17,20,27,29,32,34H,1,8H2,2-3H3,(H2,25,33)/t10-,16-,17+,20+,24+/m1/s1. The first-order valence-corrected chi connectivity index (χ1v) is 10.7. The predicted octanol–water partition coefficient (Wildman–Crippen LogP) is -0.328. The highest BCUT2D eigenvalue weighted by Gasteiger charge is 2.68. The number of fused-ring (bicyclic) bond motifs is 3. The lowest BCUT2D eigenvalue weighted by molar-refractivity contribution is -0.181. The molecule has 1 saturated carbocycles. The van der Waals surface area contributed by atoms with Crippen molar-refractivity contribution in [2.45, 2.75) is 24.2 Å². The fourth-order valence-corrected chi connectivity index (χ4v) is 5.50. The highest BCUT2D eigenvalue weighted by atomic mass is 16.5. The number of phenolic OH excluding ortho intramolecular Hbond substituents is 1. The van der Waals surface area contributed by atoms with Gasteiger partial charge in [-0.15, -0.1) is 0 Å². The molecule has 1 fully saturated rings. The Labute approximate surface area is 199 Å². The van der Waals surface area contributed by atoms with Crippen LogP contribution in [0.15, 0.2) is 47.8 Å². The third-order valence-corrected chi connectivity index (χ3v) is 6.93. The number of ether oxygens (including phenoxy) is 1. The second kappa shape index (κ2) is 8.07. The number of benzene rings is 1. The Bertz CT molecular complexity index is 1260. The maximum atomic E-state index is 13.8. The third kappa shape index (κ3) is 3.19. The molecule has 184 valence electrons. The van der Waals surface area contributed by atoms with Crippen molar-refractivity contribution in [2.75, 3.05) is 14.1 Å². The van der Waals surface area contributed by atoms with E-state index in [0.29, 0.717) is 5.56 Å². The number of rotatable bonds is 4. The minimum atomic E-state index is -2.96. The highest BCUT2D eigenvalue weighted by Crippen LogP contribution is 2.53. The molecule has 0 aromatic heterocycles. The van der Waals surface area contributed by atoms with Crippen LogP contribution in [0.5, 0.6) is 5.75 Å². The number of carbonyl (C=O) groups excluding carboxylic acids is 4. The van der Waals surface area contributed by atoms with Crippen LogP contribution < -0.4 is 5.73 Å². The first kappa shape index (κ1) is 24.2. The van der Waals surface area contributed by atoms with Crippen LogP contribution in [0.4, 0.5) is 0 Å². The number of carbonyl (C=O) groups is 4. The van der Waals surface area contributed by atoms with Crippen molar-refractivity contribution < 1.29 is 44.3 Å². The van der Waals surface area contributed by atoms with Crippen LogP contribution in [0.25, 0.3) is 5.76 Å². The number of amides is 1. The van der Waals surface area contributed by atoms with Crippen molar-refractivity contribution in [2.24, 2.45) is 17.6 Å². The molecule has 3 aliphatic carbocycles. The van der Waals surface area contributed by atoms with Crippen molar-refractivity contribution in [3.8, 4) is 5.75 Å². The van der Waals surface area contributed by atoms with Crippen LogP contribution in [0.3, 0.4) is 0 Å². The molecule has 1 amide bonds. The second-order valence-electron chi connectivity index (χ2n) is 8.97. The van der Waals surface area contributed by atoms with E-state index in [0.717, 1.165) is 6.08 Å². The molecular weight excluding hydrogens is 460 g/mol. The summed E-state index contributed by atoms with van der Waals surface area (Å²) in [6.45, 7) is 3.35. The smallest absolute Gasteiger partial charge is 0.330 e. The van der Waals surface area contributed by atoms with Gasteiger partial charge in [0.2, 0.25) is 5.78 Å². The van der Waals surface area contributed by atoms with E-state index in [4.69, 9.17) is 10.5 Å². The zero-order valence-corrected chi connectivity index (χ0v) is 18.9. The number of aromatic hydroxyl groups is 1. The molecule has 4 rings (SSSR count). The van der Waals surface area contributed by atoms with Crippen LogP contribution in [-0.4, -0.2) is 80.6 Å². The molecule has 0 spiro atoms. The van der Waals surface area contributed by atoms with Gasteiger partial charge in [0.25, 0.3) is 5.91 Å². The number of hydrogen-bond donors (Lipinski definition) is 5. The lowest BCUT2D eigenvalue weighted by Crippen LogP contribution is -2.70. The Morgan fingerprint density at radius 1 is 1.23 bits per heavy atom. The summed E-state index contributed by atoms with van der Waals surface area (Å²) in [5.74, 6) is -9.44. The van der Waals surface area contributed by atoms with E-state index in [2.05, 4.69) is 6.58 Å². The van der Waals surface area contributed by atoms with Gasteiger partial charge in [-0.2, -0.15) is 0 Å². The van der Waals surface area contributed by atoms with Crippen LogP contribution in [0.2, 0.25) is 0 Å². The van der Waals surface area contributed by atoms with Gasteiger partial charge >= 0.3 is 5.97 Å². The molecule has 0 bridgehead atoms. The SMILES string of the molecule is C=CC(=O)O[C@@H]1[C@H]2[C@H](N(C)C)C(=O)C(C(N)=O)=C(O)[C@@]2(O)C(=O)C2=C(O)c3c(O)cccc3C[C@H]21. The summed E-state index contributed by atoms with van der Waals surface area (Å²) in [5.41, 5.74) is 1.32. The van der Waals surface area contributed by atoms with Gasteiger partial charge in [-0.1, -0.05) is 18.7 Å². The Morgan fingerprint density at radius 3 is 2.46 bits per heavy atom. The first-order chi connectivity index (χ1) is 16.4. The van der Waals surface area contributed by atoms with Crippen molar-refractivity contribution in [3.63, 3.8) is 0 Å². The molecule has 6 N–H and O–H groups in total. The number of ketones is 2. The number of nitrogens with two attached hydrogens (primary N) is 1. The van der Waals surface area contributed by atoms with E-state index in [9.17, 15) is 39.6 Å². The first-order valence-electron chi connectivity index (χ1n) is 10.7. The summed E-state index contributed by atoms with van der Waals surface area (Å²) in [4.78, 5) is 52.8. The fourth-order valence-electron chi connectivity index (χ4n) is 5.50. The third-order valence-electron chi connectivity index (χ3n) is 6.93. The average Bonchev–Trinajstić information content (AvgIpc) is 2.77. The lowest BCUT2D eigenvalue weighted by Gasteiger charge is -2.53. The molecule has 0 saturated heterocycles. The molecule has 3 aliphatic rings. The number of esters is 1. The monoisotopic (exact) mass is 484 g/mol. The summed E-state index contributed by atoms with van der Waals surface area (Å²) in [6, 6.07) is 3.00. The number of likely N-dealkylation sites (N-methyl/N-ethyl adjacent to an activating group) is 1. The summed E-state index contributed by atoms with van der Waals surface area (Å²) in [5, 5.41) is 44.1. The summed E-state index contributed by atoms with van der Waals surface area (Å²) in [7, 11) is 2.88. The lowest BCUT2D eigenvalue weighted by atomic mass is 9.56. The zero-order valence-electron chi connectivity index (χ0n) is 18.9. The molecule has 0 aliphatic heterocycles. The summed E-state index contributed by atoms with van der Waals surface area (Å²) in [6.07, 6.45) is -0.608. The molecule has 5 atom stereocenters. The molecule has 1 aromatic carbocycles. The molecule has 11 heteroatoms. The highest BCUT2D eigenvalue weighted by molar-refractivity contribution is 6.24. The normalized spacial score (nSPS) is 29.9. The van der Waals surface area contributed by atoms with E-state index < -0.39 is 75.7 Å². The fraction of sp³-hybridized carbons (Fsp3) is 0.333. The predicted molar refractivity (Wildman–Crippen MR) is 120 cm³/mol. The van der Waals surface area contributed by atoms with E-state index >= 15 is 0 Å². The van der Waals surface area contributed by atoms with E-state index in [-0.39, 0.29) is 17.7 Å². The molecule has 0 heterocycles. The van der Waals surface area contributed by atoms with Gasteiger partial charge in [-0.25, -0.2) is 4.79 Å². The Kier molecular flexibility index (Phi) is 5.57. The van der Waals surface area contributed by atoms with Crippen LogP contribution in [0.1, 0.15) is 11.1 Å². The quantitative estimate of drug-likeness (QED) is 0.215. The van der Waals surface area contributed by atoms with E-state index in [1.54, 1.807) is 6.07 Å². The maximum absolute atomic E-state index is 13.8. The molecule has 11 nitrogen and oxygen atoms in total. The number of phenols is 1. The van der Waals surface area contributed by atoms with Gasteiger partial charge in [-0.05, 0) is 32.1 Å². The van der Waals surface area contributed by atoms with Crippen LogP contribution in [0, 0.1) is 11.8 Å². The number of aliphatic hydroxyl groups is 3. The molecule has 0 unspecified atom stereocenters. The number of Topliss-reactive ketones (excluding diaryl/α,β-unsaturated/α-hetero) is 2. The molecule has 35 heavy (non-hydrogen) atoms. The van der Waals surface area contributed by atoms with Gasteiger partial charge in [0.15, 0.2) is 11.4 Å². The summed E-state index contributed by atoms with van der Waals surface area (Å²) >= 11 is 0. The van der Waals surface area contributed by atoms with Gasteiger partial charge < -0.3 is 30.9 Å². The Morgan fingerprint density at radius 2 is 1.89 bits per heavy atom. The van der Waals surface area contributed by atoms with Crippen molar-refractivity contribution in [3.05, 3.63) is 58.9 Å². The number of aliphatic hydroxyl groups excluding tert-OH is 2. The van der Waals surface area contributed by atoms with Gasteiger partial charge in [-0.3, -0.25) is 19.3 Å². The van der Waals surface area contributed by atoms with Crippen molar-refractivity contribution >= 4 is 29.2 Å². The summed E-state index contributed by atoms with van der Waals surface area (Å²) < 4.78 is 5.55. The van der Waals surface area contributed by atoms with Crippen LogP contribution >= 0.6 is 0 Å². The van der Waals surface area contributed by atoms with Gasteiger partial charge in [0.1, 0.15) is 28.9 Å². The Balaban J connectivity index is 2.08. The largest absolute Gasteiger partial charge is 0.508 e. The maximum Gasteiger partial charge on any atom is 0.330 e. The minimum Gasteiger partial charge on any atom is -0.508 e. The van der Waals surface area contributed by atoms with Gasteiger partial charge in [0.05, 0.1) is 17.5 Å². The Hall–Kier alpha value is -3.96.